The molecule has 2 aromatic carbocycles. The summed E-state index contributed by atoms with van der Waals surface area (Å²) in [5.41, 5.74) is 0.919. The molecule has 1 N–H and O–H groups in total. The highest BCUT2D eigenvalue weighted by molar-refractivity contribution is 9.10. The fourth-order valence-electron chi connectivity index (χ4n) is 2.64. The molecule has 2 atom stereocenters. The number of hydrogen-bond acceptors (Lipinski definition) is 3. The van der Waals surface area contributed by atoms with Gasteiger partial charge in [0.2, 0.25) is 5.91 Å². The molecule has 156 valence electrons. The van der Waals surface area contributed by atoms with E-state index in [4.69, 9.17) is 16.3 Å². The van der Waals surface area contributed by atoms with Crippen LogP contribution < -0.4 is 10.1 Å². The molecule has 0 saturated carbocycles. The van der Waals surface area contributed by atoms with Gasteiger partial charge in [0.15, 0.2) is 6.61 Å². The van der Waals surface area contributed by atoms with Crippen LogP contribution in [-0.4, -0.2) is 35.4 Å². The van der Waals surface area contributed by atoms with Gasteiger partial charge >= 0.3 is 0 Å². The fraction of sp³-hybridized carbons (Fsp3) is 0.364. The lowest BCUT2D eigenvalue weighted by Crippen LogP contribution is -2.50. The second-order valence-electron chi connectivity index (χ2n) is 6.89. The van der Waals surface area contributed by atoms with Crippen molar-refractivity contribution in [1.29, 1.82) is 0 Å². The third-order valence-corrected chi connectivity index (χ3v) is 5.33. The van der Waals surface area contributed by atoms with Gasteiger partial charge in [-0.05, 0) is 62.2 Å². The number of amides is 2. The normalized spacial score (nSPS) is 12.7. The number of rotatable bonds is 9. The van der Waals surface area contributed by atoms with Crippen molar-refractivity contribution >= 4 is 39.3 Å². The number of ether oxygens (including phenoxy) is 1. The summed E-state index contributed by atoms with van der Waals surface area (Å²) in [4.78, 5) is 27.2. The Hall–Kier alpha value is -2.05. The standard InChI is InChI=1S/C22H26BrClN2O3/c1-4-15(2)25-22(28)16(3)26(13-17-6-5-7-18(23)12-17)21(27)14-29-20-10-8-19(24)9-11-20/h5-12,15-16H,4,13-14H2,1-3H3,(H,25,28)/t15-,16+/m1/s1. The van der Waals surface area contributed by atoms with Crippen LogP contribution in [0.25, 0.3) is 0 Å². The summed E-state index contributed by atoms with van der Waals surface area (Å²) in [6.07, 6.45) is 0.817. The molecule has 0 heterocycles. The highest BCUT2D eigenvalue weighted by atomic mass is 79.9. The second kappa shape index (κ2) is 11.2. The second-order valence-corrected chi connectivity index (χ2v) is 8.24. The Kier molecular flexibility index (Phi) is 8.99. The summed E-state index contributed by atoms with van der Waals surface area (Å²) in [6.45, 7) is 5.80. The number of benzene rings is 2. The van der Waals surface area contributed by atoms with Gasteiger partial charge in [-0.3, -0.25) is 9.59 Å². The summed E-state index contributed by atoms with van der Waals surface area (Å²) in [5.74, 6) is 0.0859. The fourth-order valence-corrected chi connectivity index (χ4v) is 3.21. The van der Waals surface area contributed by atoms with Crippen molar-refractivity contribution in [2.75, 3.05) is 6.61 Å². The third kappa shape index (κ3) is 7.37. The van der Waals surface area contributed by atoms with Crippen LogP contribution in [0.15, 0.2) is 53.0 Å². The maximum absolute atomic E-state index is 13.0. The maximum atomic E-state index is 13.0. The SMILES string of the molecule is CC[C@@H](C)NC(=O)[C@H](C)N(Cc1cccc(Br)c1)C(=O)COc1ccc(Cl)cc1. The number of hydrogen-bond donors (Lipinski definition) is 1. The van der Waals surface area contributed by atoms with Crippen LogP contribution in [0.4, 0.5) is 0 Å². The molecule has 0 spiro atoms. The summed E-state index contributed by atoms with van der Waals surface area (Å²) < 4.78 is 6.52. The smallest absolute Gasteiger partial charge is 0.261 e. The van der Waals surface area contributed by atoms with Crippen LogP contribution >= 0.6 is 27.5 Å². The molecule has 7 heteroatoms. The van der Waals surface area contributed by atoms with Gasteiger partial charge in [0.05, 0.1) is 0 Å². The minimum Gasteiger partial charge on any atom is -0.484 e. The van der Waals surface area contributed by atoms with Crippen LogP contribution in [0.5, 0.6) is 5.75 Å². The van der Waals surface area contributed by atoms with Gasteiger partial charge in [-0.25, -0.2) is 0 Å². The van der Waals surface area contributed by atoms with E-state index in [0.717, 1.165) is 16.5 Å². The Labute approximate surface area is 185 Å². The Morgan fingerprint density at radius 1 is 1.17 bits per heavy atom. The molecule has 0 bridgehead atoms. The first-order chi connectivity index (χ1) is 13.8. The number of halogens is 2. The van der Waals surface area contributed by atoms with Crippen LogP contribution in [0, 0.1) is 0 Å². The molecule has 2 amide bonds. The predicted octanol–water partition coefficient (Wildman–Crippen LogP) is 4.81. The molecule has 5 nitrogen and oxygen atoms in total. The van der Waals surface area contributed by atoms with Crippen LogP contribution in [0.2, 0.25) is 5.02 Å². The molecule has 0 aliphatic rings. The molecule has 0 aromatic heterocycles. The number of carbonyl (C=O) groups excluding carboxylic acids is 2. The van der Waals surface area contributed by atoms with E-state index in [2.05, 4.69) is 21.2 Å². The molecule has 2 rings (SSSR count). The molecule has 0 fully saturated rings. The summed E-state index contributed by atoms with van der Waals surface area (Å²) in [5, 5.41) is 3.54. The lowest BCUT2D eigenvalue weighted by Gasteiger charge is -2.29. The van der Waals surface area contributed by atoms with E-state index in [1.807, 2.05) is 38.1 Å². The number of nitrogens with zero attached hydrogens (tertiary/aromatic N) is 1. The molecule has 0 radical (unpaired) electrons. The Morgan fingerprint density at radius 3 is 2.48 bits per heavy atom. The molecule has 0 aliphatic carbocycles. The first-order valence-electron chi connectivity index (χ1n) is 9.52. The van der Waals surface area contributed by atoms with Crippen molar-refractivity contribution < 1.29 is 14.3 Å². The minimum atomic E-state index is -0.635. The lowest BCUT2D eigenvalue weighted by molar-refractivity contribution is -0.142. The van der Waals surface area contributed by atoms with Crippen LogP contribution in [-0.2, 0) is 16.1 Å². The molecule has 0 unspecified atom stereocenters. The monoisotopic (exact) mass is 480 g/mol. The van der Waals surface area contributed by atoms with Gasteiger partial charge in [-0.15, -0.1) is 0 Å². The first-order valence-corrected chi connectivity index (χ1v) is 10.7. The predicted molar refractivity (Wildman–Crippen MR) is 119 cm³/mol. The van der Waals surface area contributed by atoms with E-state index in [1.54, 1.807) is 31.2 Å². The van der Waals surface area contributed by atoms with E-state index in [-0.39, 0.29) is 24.5 Å². The van der Waals surface area contributed by atoms with Crippen molar-refractivity contribution in [3.8, 4) is 5.75 Å². The van der Waals surface area contributed by atoms with Crippen molar-refractivity contribution in [3.05, 3.63) is 63.6 Å². The average Bonchev–Trinajstić information content (AvgIpc) is 2.70. The van der Waals surface area contributed by atoms with E-state index >= 15 is 0 Å². The molecule has 0 saturated heterocycles. The highest BCUT2D eigenvalue weighted by Gasteiger charge is 2.27. The summed E-state index contributed by atoms with van der Waals surface area (Å²) >= 11 is 9.32. The number of carbonyl (C=O) groups is 2. The minimum absolute atomic E-state index is 0.0399. The summed E-state index contributed by atoms with van der Waals surface area (Å²) in [7, 11) is 0. The molecule has 29 heavy (non-hydrogen) atoms. The average molecular weight is 482 g/mol. The van der Waals surface area contributed by atoms with E-state index in [1.165, 1.54) is 4.90 Å². The van der Waals surface area contributed by atoms with E-state index < -0.39 is 6.04 Å². The van der Waals surface area contributed by atoms with Crippen molar-refractivity contribution in [2.45, 2.75) is 45.8 Å². The van der Waals surface area contributed by atoms with Gasteiger partial charge in [-0.1, -0.05) is 46.6 Å². The van der Waals surface area contributed by atoms with Crippen LogP contribution in [0.3, 0.4) is 0 Å². The van der Waals surface area contributed by atoms with Gasteiger partial charge in [0, 0.05) is 22.1 Å². The van der Waals surface area contributed by atoms with Gasteiger partial charge in [0.1, 0.15) is 11.8 Å². The van der Waals surface area contributed by atoms with E-state index in [9.17, 15) is 9.59 Å². The van der Waals surface area contributed by atoms with Gasteiger partial charge in [0.25, 0.3) is 5.91 Å². The zero-order valence-electron chi connectivity index (χ0n) is 16.8. The Balaban J connectivity index is 2.14. The van der Waals surface area contributed by atoms with Crippen molar-refractivity contribution in [1.82, 2.24) is 10.2 Å². The highest BCUT2D eigenvalue weighted by Crippen LogP contribution is 2.18. The Morgan fingerprint density at radius 2 is 1.86 bits per heavy atom. The molecular weight excluding hydrogens is 456 g/mol. The zero-order valence-corrected chi connectivity index (χ0v) is 19.2. The topological polar surface area (TPSA) is 58.6 Å². The zero-order chi connectivity index (χ0) is 21.4. The quantitative estimate of drug-likeness (QED) is 0.559. The van der Waals surface area contributed by atoms with Crippen LogP contribution in [0.1, 0.15) is 32.8 Å². The van der Waals surface area contributed by atoms with Gasteiger partial charge in [-0.2, -0.15) is 0 Å². The van der Waals surface area contributed by atoms with Crippen molar-refractivity contribution in [3.63, 3.8) is 0 Å². The largest absolute Gasteiger partial charge is 0.484 e. The molecule has 2 aromatic rings. The van der Waals surface area contributed by atoms with E-state index in [0.29, 0.717) is 17.3 Å². The first kappa shape index (κ1) is 23.2. The molecular formula is C22H26BrClN2O3. The lowest BCUT2D eigenvalue weighted by atomic mass is 10.1. The third-order valence-electron chi connectivity index (χ3n) is 4.59. The van der Waals surface area contributed by atoms with Gasteiger partial charge < -0.3 is 15.0 Å². The Bertz CT molecular complexity index is 829. The number of nitrogens with one attached hydrogen (secondary N) is 1. The molecule has 0 aliphatic heterocycles. The summed E-state index contributed by atoms with van der Waals surface area (Å²) in [6, 6.07) is 13.9. The maximum Gasteiger partial charge on any atom is 0.261 e. The van der Waals surface area contributed by atoms with Crippen molar-refractivity contribution in [2.24, 2.45) is 0 Å².